The Morgan fingerprint density at radius 1 is 1.50 bits per heavy atom. The average Bonchev–Trinajstić information content (AvgIpc) is 2.04. The highest BCUT2D eigenvalue weighted by Crippen LogP contribution is 1.99. The predicted octanol–water partition coefficient (Wildman–Crippen LogP) is 0.990. The van der Waals surface area contributed by atoms with Crippen LogP contribution in [0, 0.1) is 0 Å². The maximum atomic E-state index is 10.3. The average molecular weight is 212 g/mol. The van der Waals surface area contributed by atoms with Crippen LogP contribution in [0.4, 0.5) is 4.79 Å². The first-order valence-corrected chi connectivity index (χ1v) is 5.27. The van der Waals surface area contributed by atoms with E-state index in [4.69, 9.17) is 15.8 Å². The Hall–Kier alpha value is -0.0901. The van der Waals surface area contributed by atoms with E-state index in [-0.39, 0.29) is 5.37 Å². The molecular formula is C8H18B2N2OS. The van der Waals surface area contributed by atoms with Crippen LogP contribution in [0.15, 0.2) is 0 Å². The summed E-state index contributed by atoms with van der Waals surface area (Å²) in [6, 6.07) is 0. The molecule has 0 aromatic carbocycles. The number of carbonyl (C=O) groups is 1. The van der Waals surface area contributed by atoms with Gasteiger partial charge in [0.05, 0.1) is 5.37 Å². The van der Waals surface area contributed by atoms with E-state index < -0.39 is 5.81 Å². The Morgan fingerprint density at radius 3 is 2.36 bits per heavy atom. The molecule has 3 nitrogen and oxygen atoms in total. The maximum Gasteiger partial charge on any atom is 0.200 e. The molecule has 0 rings (SSSR count). The molecule has 2 N–H and O–H groups in total. The van der Waals surface area contributed by atoms with Crippen molar-refractivity contribution in [2.45, 2.75) is 38.5 Å². The van der Waals surface area contributed by atoms with Gasteiger partial charge in [-0.25, -0.2) is 0 Å². The highest BCUT2D eigenvalue weighted by molar-refractivity contribution is 7.80. The van der Waals surface area contributed by atoms with Gasteiger partial charge in [-0.2, -0.15) is 12.6 Å². The highest BCUT2D eigenvalue weighted by Gasteiger charge is 2.01. The topological polar surface area (TPSA) is 41.1 Å². The Bertz CT molecular complexity index is 139. The van der Waals surface area contributed by atoms with Crippen molar-refractivity contribution < 1.29 is 4.79 Å². The van der Waals surface area contributed by atoms with Crippen molar-refractivity contribution in [1.82, 2.24) is 10.5 Å². The van der Waals surface area contributed by atoms with Crippen LogP contribution >= 0.6 is 12.6 Å². The molecule has 4 radical (unpaired) electrons. The zero-order chi connectivity index (χ0) is 11.4. The quantitative estimate of drug-likeness (QED) is 0.275. The molecule has 1 atom stereocenters. The van der Waals surface area contributed by atoms with Gasteiger partial charge in [0.1, 0.15) is 0 Å². The first-order valence-electron chi connectivity index (χ1n) is 4.75. The zero-order valence-electron chi connectivity index (χ0n) is 8.92. The minimum Gasteiger partial charge on any atom is -0.366 e. The second-order valence-corrected chi connectivity index (χ2v) is 3.45. The van der Waals surface area contributed by atoms with Crippen LogP contribution in [0.3, 0.4) is 0 Å². The number of hydrogen-bond acceptors (Lipinski definition) is 3. The molecule has 0 saturated carbocycles. The predicted molar refractivity (Wildman–Crippen MR) is 66.0 cm³/mol. The van der Waals surface area contributed by atoms with E-state index in [0.717, 1.165) is 12.8 Å². The molecule has 0 aliphatic carbocycles. The molecular weight excluding hydrogens is 194 g/mol. The van der Waals surface area contributed by atoms with Crippen LogP contribution in [0.2, 0.25) is 0 Å². The van der Waals surface area contributed by atoms with Crippen molar-refractivity contribution in [2.75, 3.05) is 6.54 Å². The molecule has 1 unspecified atom stereocenters. The summed E-state index contributed by atoms with van der Waals surface area (Å²) in [4.78, 5) is 10.3. The van der Waals surface area contributed by atoms with Crippen molar-refractivity contribution in [3.05, 3.63) is 0 Å². The molecule has 0 aromatic heterocycles. The van der Waals surface area contributed by atoms with Gasteiger partial charge in [0.15, 0.2) is 13.8 Å². The fraction of sp³-hybridized carbons (Fsp3) is 0.875. The van der Waals surface area contributed by atoms with Crippen LogP contribution in [0.1, 0.15) is 33.1 Å². The standard InChI is InChI=1S/C5H10B2N2OS.C3H8/c6-5(10)9-4(11)2-1-3-8-7;1-3-2/h4,8,11H,1-3H2,(H,9,10);3H2,1-2H3. The second kappa shape index (κ2) is 12.9. The van der Waals surface area contributed by atoms with Crippen LogP contribution in [-0.2, 0) is 0 Å². The van der Waals surface area contributed by atoms with Gasteiger partial charge in [-0.3, -0.25) is 4.79 Å². The summed E-state index contributed by atoms with van der Waals surface area (Å²) in [5.41, 5.74) is 0. The lowest BCUT2D eigenvalue weighted by molar-refractivity contribution is 0.258. The number of thiol groups is 1. The normalized spacial score (nSPS) is 11.1. The first-order chi connectivity index (χ1) is 6.58. The summed E-state index contributed by atoms with van der Waals surface area (Å²) in [5.74, 6) is -0.550. The second-order valence-electron chi connectivity index (χ2n) is 2.83. The molecule has 0 aliphatic rings. The maximum absolute atomic E-state index is 10.3. The number of amides is 1. The van der Waals surface area contributed by atoms with E-state index in [1.165, 1.54) is 6.42 Å². The van der Waals surface area contributed by atoms with E-state index in [1.807, 2.05) is 0 Å². The van der Waals surface area contributed by atoms with Crippen molar-refractivity contribution in [2.24, 2.45) is 0 Å². The Kier molecular flexibility index (Phi) is 15.1. The van der Waals surface area contributed by atoms with E-state index in [0.29, 0.717) is 6.54 Å². The minimum absolute atomic E-state index is 0.180. The molecule has 0 aromatic rings. The first kappa shape index (κ1) is 16.3. The molecule has 0 bridgehead atoms. The third kappa shape index (κ3) is 17.9. The van der Waals surface area contributed by atoms with Gasteiger partial charge in [0.2, 0.25) is 7.85 Å². The molecule has 1 amide bonds. The molecule has 0 fully saturated rings. The van der Waals surface area contributed by atoms with Crippen LogP contribution < -0.4 is 10.5 Å². The lowest BCUT2D eigenvalue weighted by atomic mass is 10.1. The minimum atomic E-state index is -0.550. The zero-order valence-corrected chi connectivity index (χ0v) is 9.81. The van der Waals surface area contributed by atoms with Crippen molar-refractivity contribution in [1.29, 1.82) is 0 Å². The summed E-state index contributed by atoms with van der Waals surface area (Å²) in [7, 11) is 9.89. The number of hydrogen-bond donors (Lipinski definition) is 3. The van der Waals surface area contributed by atoms with E-state index in [9.17, 15) is 4.79 Å². The smallest absolute Gasteiger partial charge is 0.200 e. The Morgan fingerprint density at radius 2 is 2.00 bits per heavy atom. The van der Waals surface area contributed by atoms with E-state index in [2.05, 4.69) is 37.0 Å². The summed E-state index contributed by atoms with van der Waals surface area (Å²) >= 11 is 4.06. The molecule has 0 saturated heterocycles. The highest BCUT2D eigenvalue weighted by atomic mass is 32.1. The molecule has 14 heavy (non-hydrogen) atoms. The molecule has 0 heterocycles. The summed E-state index contributed by atoms with van der Waals surface area (Å²) in [6.07, 6.45) is 2.85. The molecule has 0 aliphatic heterocycles. The Labute approximate surface area is 95.0 Å². The van der Waals surface area contributed by atoms with Crippen LogP contribution in [0.5, 0.6) is 0 Å². The molecule has 0 spiro atoms. The van der Waals surface area contributed by atoms with Gasteiger partial charge in [0.25, 0.3) is 0 Å². The lowest BCUT2D eigenvalue weighted by Gasteiger charge is -2.10. The fourth-order valence-electron chi connectivity index (χ4n) is 0.634. The van der Waals surface area contributed by atoms with E-state index in [1.54, 1.807) is 0 Å². The fourth-order valence-corrected chi connectivity index (χ4v) is 0.944. The third-order valence-corrected chi connectivity index (χ3v) is 1.49. The number of rotatable bonds is 5. The number of carbonyl (C=O) groups excluding carboxylic acids is 1. The summed E-state index contributed by atoms with van der Waals surface area (Å²) in [6.45, 7) is 4.96. The Balaban J connectivity index is 0. The SMILES string of the molecule is CCC.[B]NCCCC(S)NC([B])=O. The van der Waals surface area contributed by atoms with E-state index >= 15 is 0 Å². The van der Waals surface area contributed by atoms with Gasteiger partial charge in [-0.05, 0) is 19.4 Å². The monoisotopic (exact) mass is 212 g/mol. The van der Waals surface area contributed by atoms with Gasteiger partial charge in [-0.1, -0.05) is 20.3 Å². The summed E-state index contributed by atoms with van der Waals surface area (Å²) < 4.78 is 0. The van der Waals surface area contributed by atoms with Crippen molar-refractivity contribution in [3.8, 4) is 0 Å². The lowest BCUT2D eigenvalue weighted by Crippen LogP contribution is -2.30. The van der Waals surface area contributed by atoms with Crippen LogP contribution in [-0.4, -0.2) is 33.6 Å². The van der Waals surface area contributed by atoms with Crippen molar-refractivity contribution >= 4 is 34.3 Å². The molecule has 6 heteroatoms. The van der Waals surface area contributed by atoms with Gasteiger partial charge < -0.3 is 10.5 Å². The largest absolute Gasteiger partial charge is 0.366 e. The van der Waals surface area contributed by atoms with Crippen molar-refractivity contribution in [3.63, 3.8) is 0 Å². The third-order valence-electron chi connectivity index (χ3n) is 1.11. The molecule has 78 valence electrons. The van der Waals surface area contributed by atoms with Gasteiger partial charge in [-0.15, -0.1) is 0 Å². The van der Waals surface area contributed by atoms with Gasteiger partial charge >= 0.3 is 0 Å². The van der Waals surface area contributed by atoms with Crippen LogP contribution in [0.25, 0.3) is 0 Å². The number of nitrogens with one attached hydrogen (secondary N) is 2. The summed E-state index contributed by atoms with van der Waals surface area (Å²) in [5, 5.41) is 4.75. The van der Waals surface area contributed by atoms with Gasteiger partial charge in [0, 0.05) is 0 Å².